The van der Waals surface area contributed by atoms with Crippen LogP contribution in [0.25, 0.3) is 0 Å². The first kappa shape index (κ1) is 11.1. The fraction of sp³-hybridized carbons (Fsp3) is 0.364. The fourth-order valence-electron chi connectivity index (χ4n) is 1.69. The lowest BCUT2D eigenvalue weighted by Crippen LogP contribution is -2.36. The van der Waals surface area contributed by atoms with Crippen LogP contribution in [0.15, 0.2) is 23.1 Å². The predicted molar refractivity (Wildman–Crippen MR) is 63.7 cm³/mol. The average molecular weight is 238 g/mol. The maximum Gasteiger partial charge on any atom is 0.315 e. The summed E-state index contributed by atoms with van der Waals surface area (Å²) in [5, 5.41) is 0. The molecule has 1 heterocycles. The molecule has 0 saturated carbocycles. The van der Waals surface area contributed by atoms with Crippen molar-refractivity contribution in [1.29, 1.82) is 0 Å². The minimum Gasteiger partial charge on any atom is -0.497 e. The molecule has 0 saturated heterocycles. The molecule has 0 radical (unpaired) electrons. The van der Waals surface area contributed by atoms with Gasteiger partial charge in [0.2, 0.25) is 0 Å². The first-order valence-corrected chi connectivity index (χ1v) is 6.03. The van der Waals surface area contributed by atoms with E-state index in [-0.39, 0.29) is 6.03 Å². The molecular formula is C11H14N2O2S. The molecular weight excluding hydrogens is 224 g/mol. The number of primary amides is 1. The van der Waals surface area contributed by atoms with Gasteiger partial charge < -0.3 is 15.4 Å². The number of amides is 2. The van der Waals surface area contributed by atoms with Crippen molar-refractivity contribution >= 4 is 17.8 Å². The summed E-state index contributed by atoms with van der Waals surface area (Å²) < 4.78 is 5.17. The molecule has 4 nitrogen and oxygen atoms in total. The van der Waals surface area contributed by atoms with Crippen LogP contribution in [0.1, 0.15) is 5.56 Å². The molecule has 0 atom stereocenters. The number of nitrogens with two attached hydrogens (primary N) is 1. The molecule has 5 heteroatoms. The third kappa shape index (κ3) is 2.24. The molecule has 1 aromatic carbocycles. The molecule has 86 valence electrons. The van der Waals surface area contributed by atoms with Crippen LogP contribution < -0.4 is 10.5 Å². The highest BCUT2D eigenvalue weighted by Gasteiger charge is 2.17. The van der Waals surface area contributed by atoms with Gasteiger partial charge in [0, 0.05) is 23.7 Å². The van der Waals surface area contributed by atoms with Crippen molar-refractivity contribution in [3.8, 4) is 5.75 Å². The zero-order chi connectivity index (χ0) is 11.5. The highest BCUT2D eigenvalue weighted by molar-refractivity contribution is 7.99. The molecule has 0 bridgehead atoms. The third-order valence-electron chi connectivity index (χ3n) is 2.56. The van der Waals surface area contributed by atoms with Gasteiger partial charge in [0.1, 0.15) is 5.75 Å². The number of urea groups is 1. The summed E-state index contributed by atoms with van der Waals surface area (Å²) in [5.41, 5.74) is 6.41. The molecule has 1 aliphatic heterocycles. The number of ether oxygens (including phenoxy) is 1. The fourth-order valence-corrected chi connectivity index (χ4v) is 2.69. The summed E-state index contributed by atoms with van der Waals surface area (Å²) in [4.78, 5) is 14.0. The van der Waals surface area contributed by atoms with E-state index in [1.165, 1.54) is 4.90 Å². The lowest BCUT2D eigenvalue weighted by molar-refractivity contribution is 0.208. The molecule has 0 spiro atoms. The van der Waals surface area contributed by atoms with Gasteiger partial charge in [-0.25, -0.2) is 4.79 Å². The Morgan fingerprint density at radius 2 is 2.38 bits per heavy atom. The summed E-state index contributed by atoms with van der Waals surface area (Å²) in [6.45, 7) is 1.26. The van der Waals surface area contributed by atoms with Gasteiger partial charge in [-0.1, -0.05) is 0 Å². The number of rotatable bonds is 1. The Morgan fingerprint density at radius 3 is 3.06 bits per heavy atom. The Kier molecular flexibility index (Phi) is 3.24. The largest absolute Gasteiger partial charge is 0.497 e. The Bertz CT molecular complexity index is 409. The van der Waals surface area contributed by atoms with Gasteiger partial charge in [-0.15, -0.1) is 11.8 Å². The van der Waals surface area contributed by atoms with Crippen LogP contribution in [0.2, 0.25) is 0 Å². The molecule has 16 heavy (non-hydrogen) atoms. The van der Waals surface area contributed by atoms with Crippen molar-refractivity contribution in [2.24, 2.45) is 5.73 Å². The van der Waals surface area contributed by atoms with Gasteiger partial charge in [-0.3, -0.25) is 0 Å². The van der Waals surface area contributed by atoms with Crippen molar-refractivity contribution in [3.63, 3.8) is 0 Å². The van der Waals surface area contributed by atoms with Crippen LogP contribution in [0.3, 0.4) is 0 Å². The number of carbonyl (C=O) groups is 1. The maximum atomic E-state index is 11.2. The quantitative estimate of drug-likeness (QED) is 0.810. The van der Waals surface area contributed by atoms with Crippen molar-refractivity contribution in [1.82, 2.24) is 4.90 Å². The number of benzene rings is 1. The minimum absolute atomic E-state index is 0.365. The Hall–Kier alpha value is -1.36. The van der Waals surface area contributed by atoms with E-state index in [0.29, 0.717) is 13.1 Å². The molecule has 1 aromatic rings. The first-order valence-electron chi connectivity index (χ1n) is 5.05. The van der Waals surface area contributed by atoms with Gasteiger partial charge in [0.05, 0.1) is 7.11 Å². The second-order valence-corrected chi connectivity index (χ2v) is 4.72. The number of nitrogens with zero attached hydrogens (tertiary/aromatic N) is 1. The van der Waals surface area contributed by atoms with Gasteiger partial charge in [0.15, 0.2) is 0 Å². The first-order chi connectivity index (χ1) is 7.70. The molecule has 2 rings (SSSR count). The van der Waals surface area contributed by atoms with Gasteiger partial charge in [-0.05, 0) is 23.8 Å². The smallest absolute Gasteiger partial charge is 0.315 e. The Balaban J connectivity index is 2.30. The van der Waals surface area contributed by atoms with E-state index in [2.05, 4.69) is 0 Å². The summed E-state index contributed by atoms with van der Waals surface area (Å²) in [6.07, 6.45) is 0. The molecule has 1 aliphatic rings. The molecule has 2 amide bonds. The Labute approximate surface area is 98.7 Å². The highest BCUT2D eigenvalue weighted by Crippen LogP contribution is 2.30. The van der Waals surface area contributed by atoms with E-state index in [9.17, 15) is 4.79 Å². The second kappa shape index (κ2) is 4.65. The highest BCUT2D eigenvalue weighted by atomic mass is 32.2. The van der Waals surface area contributed by atoms with Gasteiger partial charge in [0.25, 0.3) is 0 Å². The SMILES string of the molecule is COc1ccc2c(c1)CN(C(N)=O)CCS2. The maximum absolute atomic E-state index is 11.2. The number of fused-ring (bicyclic) bond motifs is 1. The Morgan fingerprint density at radius 1 is 1.56 bits per heavy atom. The van der Waals surface area contributed by atoms with Crippen LogP contribution in [-0.4, -0.2) is 30.3 Å². The molecule has 0 aromatic heterocycles. The van der Waals surface area contributed by atoms with Gasteiger partial charge in [-0.2, -0.15) is 0 Å². The van der Waals surface area contributed by atoms with Crippen molar-refractivity contribution in [2.45, 2.75) is 11.4 Å². The van der Waals surface area contributed by atoms with Crippen molar-refractivity contribution in [3.05, 3.63) is 23.8 Å². The molecule has 2 N–H and O–H groups in total. The summed E-state index contributed by atoms with van der Waals surface area (Å²) in [6, 6.07) is 5.56. The molecule has 0 fully saturated rings. The number of thioether (sulfide) groups is 1. The minimum atomic E-state index is -0.365. The van der Waals surface area contributed by atoms with E-state index in [4.69, 9.17) is 10.5 Å². The third-order valence-corrected chi connectivity index (χ3v) is 3.66. The molecule has 0 aliphatic carbocycles. The standard InChI is InChI=1S/C11H14N2O2S/c1-15-9-2-3-10-8(6-9)7-13(11(12)14)4-5-16-10/h2-3,6H,4-5,7H2,1H3,(H2,12,14). The topological polar surface area (TPSA) is 55.6 Å². The van der Waals surface area contributed by atoms with Gasteiger partial charge >= 0.3 is 6.03 Å². The number of carbonyl (C=O) groups excluding carboxylic acids is 1. The van der Waals surface area contributed by atoms with E-state index in [0.717, 1.165) is 17.1 Å². The van der Waals surface area contributed by atoms with Crippen molar-refractivity contribution in [2.75, 3.05) is 19.4 Å². The van der Waals surface area contributed by atoms with Crippen LogP contribution in [0.5, 0.6) is 5.75 Å². The van der Waals surface area contributed by atoms with Crippen LogP contribution in [0.4, 0.5) is 4.79 Å². The molecule has 0 unspecified atom stereocenters. The van der Waals surface area contributed by atoms with E-state index >= 15 is 0 Å². The number of hydrogen-bond acceptors (Lipinski definition) is 3. The normalized spacial score (nSPS) is 15.2. The van der Waals surface area contributed by atoms with Crippen LogP contribution >= 0.6 is 11.8 Å². The number of methoxy groups -OCH3 is 1. The van der Waals surface area contributed by atoms with Crippen molar-refractivity contribution < 1.29 is 9.53 Å². The van der Waals surface area contributed by atoms with E-state index in [1.807, 2.05) is 18.2 Å². The zero-order valence-corrected chi connectivity index (χ0v) is 9.92. The monoisotopic (exact) mass is 238 g/mol. The van der Waals surface area contributed by atoms with E-state index < -0.39 is 0 Å². The predicted octanol–water partition coefficient (Wildman–Crippen LogP) is 1.68. The summed E-state index contributed by atoms with van der Waals surface area (Å²) >= 11 is 1.74. The lowest BCUT2D eigenvalue weighted by atomic mass is 10.2. The summed E-state index contributed by atoms with van der Waals surface area (Å²) in [7, 11) is 1.64. The van der Waals surface area contributed by atoms with Crippen LogP contribution in [-0.2, 0) is 6.54 Å². The van der Waals surface area contributed by atoms with E-state index in [1.54, 1.807) is 23.8 Å². The van der Waals surface area contributed by atoms with Crippen LogP contribution in [0, 0.1) is 0 Å². The average Bonchev–Trinajstić information content (AvgIpc) is 2.49. The number of hydrogen-bond donors (Lipinski definition) is 1. The second-order valence-electron chi connectivity index (χ2n) is 3.58. The zero-order valence-electron chi connectivity index (χ0n) is 9.10. The summed E-state index contributed by atoms with van der Waals surface area (Å²) in [5.74, 6) is 1.69. The lowest BCUT2D eigenvalue weighted by Gasteiger charge is -2.17.